The molecule has 3 nitrogen and oxygen atoms in total. The number of rotatable bonds is 3. The van der Waals surface area contributed by atoms with Gasteiger partial charge in [0.15, 0.2) is 0 Å². The van der Waals surface area contributed by atoms with Gasteiger partial charge in [-0.2, -0.15) is 0 Å². The molecule has 0 radical (unpaired) electrons. The van der Waals surface area contributed by atoms with Crippen LogP contribution in [0.1, 0.15) is 30.0 Å². The first-order chi connectivity index (χ1) is 10.5. The molecule has 0 fully saturated rings. The molecule has 2 aromatic rings. The molecule has 2 aromatic carbocycles. The van der Waals surface area contributed by atoms with Gasteiger partial charge in [0, 0.05) is 6.04 Å². The summed E-state index contributed by atoms with van der Waals surface area (Å²) in [6.07, 6.45) is 2.70. The number of aryl methyl sites for hydroxylation is 1. The van der Waals surface area contributed by atoms with Crippen molar-refractivity contribution in [2.75, 3.05) is 0 Å². The first-order valence-corrected chi connectivity index (χ1v) is 9.27. The van der Waals surface area contributed by atoms with Crippen molar-refractivity contribution in [3.8, 4) is 0 Å². The number of fused-ring (bicyclic) bond motifs is 1. The topological polar surface area (TPSA) is 46.2 Å². The van der Waals surface area contributed by atoms with E-state index in [1.807, 2.05) is 24.3 Å². The zero-order valence-corrected chi connectivity index (χ0v) is 14.0. The van der Waals surface area contributed by atoms with Crippen LogP contribution in [0.5, 0.6) is 0 Å². The van der Waals surface area contributed by atoms with Crippen LogP contribution in [-0.4, -0.2) is 8.42 Å². The van der Waals surface area contributed by atoms with E-state index < -0.39 is 10.0 Å². The van der Waals surface area contributed by atoms with E-state index in [2.05, 4.69) is 4.72 Å². The van der Waals surface area contributed by atoms with E-state index >= 15 is 0 Å². The summed E-state index contributed by atoms with van der Waals surface area (Å²) < 4.78 is 28.0. The highest BCUT2D eigenvalue weighted by Gasteiger charge is 2.27. The number of halogens is 2. The van der Waals surface area contributed by atoms with E-state index in [-0.39, 0.29) is 21.0 Å². The van der Waals surface area contributed by atoms with Crippen LogP contribution in [-0.2, 0) is 16.4 Å². The van der Waals surface area contributed by atoms with E-state index in [0.29, 0.717) is 0 Å². The number of hydrogen-bond acceptors (Lipinski definition) is 2. The lowest BCUT2D eigenvalue weighted by Gasteiger charge is -2.26. The summed E-state index contributed by atoms with van der Waals surface area (Å²) >= 11 is 12.0. The lowest BCUT2D eigenvalue weighted by Crippen LogP contribution is -2.31. The standard InChI is InChI=1S/C16H15Cl2NO2S/c17-13-8-4-10-15(16(13)18)22(20,21)19-14-9-3-6-11-5-1-2-7-12(11)14/h1-2,4-5,7-8,10,14,19H,3,6,9H2. The molecule has 0 saturated heterocycles. The van der Waals surface area contributed by atoms with Crippen LogP contribution in [0.25, 0.3) is 0 Å². The molecule has 1 aliphatic carbocycles. The van der Waals surface area contributed by atoms with Gasteiger partial charge in [-0.15, -0.1) is 0 Å². The fourth-order valence-corrected chi connectivity index (χ4v) is 4.83. The van der Waals surface area contributed by atoms with E-state index in [1.54, 1.807) is 12.1 Å². The lowest BCUT2D eigenvalue weighted by molar-refractivity contribution is 0.507. The molecule has 1 unspecified atom stereocenters. The average Bonchev–Trinajstić information content (AvgIpc) is 2.50. The zero-order chi connectivity index (χ0) is 15.7. The quantitative estimate of drug-likeness (QED) is 0.889. The highest BCUT2D eigenvalue weighted by atomic mass is 35.5. The largest absolute Gasteiger partial charge is 0.242 e. The molecule has 0 heterocycles. The number of sulfonamides is 1. The highest BCUT2D eigenvalue weighted by molar-refractivity contribution is 7.89. The molecule has 0 spiro atoms. The molecule has 1 aliphatic rings. The normalized spacial score (nSPS) is 18.0. The van der Waals surface area contributed by atoms with Gasteiger partial charge in [0.05, 0.1) is 10.0 Å². The Hall–Kier alpha value is -1.07. The van der Waals surface area contributed by atoms with Crippen molar-refractivity contribution < 1.29 is 8.42 Å². The average molecular weight is 356 g/mol. The molecule has 0 aliphatic heterocycles. The van der Waals surface area contributed by atoms with E-state index in [4.69, 9.17) is 23.2 Å². The van der Waals surface area contributed by atoms with E-state index in [1.165, 1.54) is 11.6 Å². The Morgan fingerprint density at radius 1 is 1.05 bits per heavy atom. The van der Waals surface area contributed by atoms with Crippen molar-refractivity contribution in [3.05, 3.63) is 63.6 Å². The van der Waals surface area contributed by atoms with Gasteiger partial charge < -0.3 is 0 Å². The first kappa shape index (κ1) is 15.8. The van der Waals surface area contributed by atoms with Crippen molar-refractivity contribution in [2.24, 2.45) is 0 Å². The second-order valence-electron chi connectivity index (χ2n) is 5.32. The first-order valence-electron chi connectivity index (χ1n) is 7.03. The van der Waals surface area contributed by atoms with Gasteiger partial charge in [0.2, 0.25) is 10.0 Å². The van der Waals surface area contributed by atoms with Crippen molar-refractivity contribution in [1.82, 2.24) is 4.72 Å². The van der Waals surface area contributed by atoms with E-state index in [0.717, 1.165) is 24.8 Å². The van der Waals surface area contributed by atoms with Crippen molar-refractivity contribution in [2.45, 2.75) is 30.2 Å². The molecule has 3 rings (SSSR count). The predicted molar refractivity (Wildman–Crippen MR) is 88.9 cm³/mol. The summed E-state index contributed by atoms with van der Waals surface area (Å²) in [7, 11) is -3.72. The number of nitrogens with one attached hydrogen (secondary N) is 1. The second-order valence-corrected chi connectivity index (χ2v) is 7.78. The molecule has 1 N–H and O–H groups in total. The van der Waals surface area contributed by atoms with Crippen molar-refractivity contribution >= 4 is 33.2 Å². The lowest BCUT2D eigenvalue weighted by atomic mass is 9.88. The van der Waals surface area contributed by atoms with Crippen LogP contribution in [0, 0.1) is 0 Å². The second kappa shape index (κ2) is 6.20. The summed E-state index contributed by atoms with van der Waals surface area (Å²) in [5, 5.41) is 0.286. The fraction of sp³-hybridized carbons (Fsp3) is 0.250. The van der Waals surface area contributed by atoms with Crippen LogP contribution in [0.2, 0.25) is 10.0 Å². The summed E-state index contributed by atoms with van der Waals surface area (Å²) in [5.74, 6) is 0. The Bertz CT molecular complexity index is 806. The van der Waals surface area contributed by atoms with Crippen LogP contribution in [0.3, 0.4) is 0 Å². The van der Waals surface area contributed by atoms with Gasteiger partial charge in [-0.25, -0.2) is 13.1 Å². The molecule has 0 saturated carbocycles. The van der Waals surface area contributed by atoms with Gasteiger partial charge in [-0.1, -0.05) is 53.5 Å². The van der Waals surface area contributed by atoms with Crippen LogP contribution < -0.4 is 4.72 Å². The Morgan fingerprint density at radius 2 is 1.82 bits per heavy atom. The highest BCUT2D eigenvalue weighted by Crippen LogP contribution is 2.33. The van der Waals surface area contributed by atoms with Crippen molar-refractivity contribution in [3.63, 3.8) is 0 Å². The van der Waals surface area contributed by atoms with Gasteiger partial charge in [0.1, 0.15) is 4.90 Å². The minimum Gasteiger partial charge on any atom is -0.207 e. The van der Waals surface area contributed by atoms with Crippen LogP contribution in [0.4, 0.5) is 0 Å². The summed E-state index contributed by atoms with van der Waals surface area (Å²) in [5.41, 5.74) is 2.23. The molecule has 0 bridgehead atoms. The fourth-order valence-electron chi connectivity index (χ4n) is 2.82. The number of benzene rings is 2. The molecular weight excluding hydrogens is 341 g/mol. The van der Waals surface area contributed by atoms with Gasteiger partial charge in [-0.3, -0.25) is 0 Å². The minimum atomic E-state index is -3.72. The molecule has 22 heavy (non-hydrogen) atoms. The third kappa shape index (κ3) is 3.01. The summed E-state index contributed by atoms with van der Waals surface area (Å²) in [4.78, 5) is 0.0183. The predicted octanol–water partition coefficient (Wildman–Crippen LogP) is 4.35. The third-order valence-corrected chi connectivity index (χ3v) is 6.32. The maximum absolute atomic E-state index is 12.6. The summed E-state index contributed by atoms with van der Waals surface area (Å²) in [6.45, 7) is 0. The Labute approximate surface area is 140 Å². The SMILES string of the molecule is O=S(=O)(NC1CCCc2ccccc21)c1cccc(Cl)c1Cl. The third-order valence-electron chi connectivity index (χ3n) is 3.87. The molecule has 1 atom stereocenters. The molecule has 116 valence electrons. The van der Waals surface area contributed by atoms with E-state index in [9.17, 15) is 8.42 Å². The van der Waals surface area contributed by atoms with Gasteiger partial charge in [-0.05, 0) is 42.5 Å². The number of hydrogen-bond donors (Lipinski definition) is 1. The Balaban J connectivity index is 1.95. The van der Waals surface area contributed by atoms with Crippen LogP contribution in [0.15, 0.2) is 47.4 Å². The van der Waals surface area contributed by atoms with Gasteiger partial charge in [0.25, 0.3) is 0 Å². The zero-order valence-electron chi connectivity index (χ0n) is 11.7. The maximum Gasteiger partial charge on any atom is 0.242 e. The molecule has 0 amide bonds. The minimum absolute atomic E-state index is 0.0183. The smallest absolute Gasteiger partial charge is 0.207 e. The molecule has 6 heteroatoms. The monoisotopic (exact) mass is 355 g/mol. The van der Waals surface area contributed by atoms with Gasteiger partial charge >= 0.3 is 0 Å². The maximum atomic E-state index is 12.6. The Kier molecular flexibility index (Phi) is 4.46. The Morgan fingerprint density at radius 3 is 2.64 bits per heavy atom. The molecular formula is C16H15Cl2NO2S. The van der Waals surface area contributed by atoms with Crippen LogP contribution >= 0.6 is 23.2 Å². The van der Waals surface area contributed by atoms with Crippen molar-refractivity contribution in [1.29, 1.82) is 0 Å². The molecule has 0 aromatic heterocycles. The summed E-state index contributed by atoms with van der Waals surface area (Å²) in [6, 6.07) is 12.3.